The predicted molar refractivity (Wildman–Crippen MR) is 113 cm³/mol. The van der Waals surface area contributed by atoms with Crippen molar-refractivity contribution in [3.63, 3.8) is 0 Å². The molecule has 0 saturated heterocycles. The van der Waals surface area contributed by atoms with E-state index >= 15 is 0 Å². The Morgan fingerprint density at radius 3 is 2.00 bits per heavy atom. The van der Waals surface area contributed by atoms with Gasteiger partial charge in [-0.1, -0.05) is 81.4 Å². The van der Waals surface area contributed by atoms with Gasteiger partial charge in [0.05, 0.1) is 12.9 Å². The van der Waals surface area contributed by atoms with Crippen molar-refractivity contribution in [2.75, 3.05) is 6.61 Å². The molecule has 2 atom stereocenters. The van der Waals surface area contributed by atoms with Crippen molar-refractivity contribution in [1.82, 2.24) is 0 Å². The molecule has 0 saturated carbocycles. The molecule has 0 N–H and O–H groups in total. The lowest BCUT2D eigenvalue weighted by molar-refractivity contribution is -0.148. The first-order valence-electron chi connectivity index (χ1n) is 9.59. The van der Waals surface area contributed by atoms with E-state index in [0.717, 1.165) is 0 Å². The number of ether oxygens (including phenoxy) is 2. The van der Waals surface area contributed by atoms with Gasteiger partial charge >= 0.3 is 5.97 Å². The van der Waals surface area contributed by atoms with Crippen LogP contribution in [0.3, 0.4) is 0 Å². The second-order valence-corrected chi connectivity index (χ2v) is 12.4. The number of rotatable bonds is 6. The highest BCUT2D eigenvalue weighted by Gasteiger charge is 2.50. The Hall–Kier alpha value is -2.37. The van der Waals surface area contributed by atoms with Gasteiger partial charge in [-0.25, -0.2) is 0 Å². The van der Waals surface area contributed by atoms with Gasteiger partial charge < -0.3 is 13.9 Å². The van der Waals surface area contributed by atoms with Crippen LogP contribution in [0.1, 0.15) is 27.7 Å². The van der Waals surface area contributed by atoms with Gasteiger partial charge in [-0.15, -0.1) is 0 Å². The van der Waals surface area contributed by atoms with Crippen LogP contribution in [0.2, 0.25) is 5.04 Å². The van der Waals surface area contributed by atoms with Crippen LogP contribution in [0.4, 0.5) is 0 Å². The molecule has 1 aliphatic heterocycles. The minimum Gasteiger partial charge on any atom is -0.492 e. The first-order chi connectivity index (χ1) is 13.3. The molecule has 2 aromatic carbocycles. The average molecular weight is 397 g/mol. The fraction of sp³-hybridized carbons (Fsp3) is 0.348. The normalized spacial score (nSPS) is 19.3. The molecule has 2 aromatic rings. The van der Waals surface area contributed by atoms with Crippen LogP contribution in [-0.4, -0.2) is 33.1 Å². The van der Waals surface area contributed by atoms with Crippen LogP contribution < -0.4 is 10.4 Å². The minimum absolute atomic E-state index is 0.112. The van der Waals surface area contributed by atoms with Crippen molar-refractivity contribution in [1.29, 1.82) is 0 Å². The third-order valence-electron chi connectivity index (χ3n) is 5.07. The summed E-state index contributed by atoms with van der Waals surface area (Å²) in [5, 5.41) is 2.31. The first-order valence-corrected chi connectivity index (χ1v) is 11.5. The molecule has 0 spiro atoms. The minimum atomic E-state index is -2.63. The fourth-order valence-electron chi connectivity index (χ4n) is 3.83. The summed E-state index contributed by atoms with van der Waals surface area (Å²) in [6, 6.07) is 20.9. The largest absolute Gasteiger partial charge is 0.492 e. The van der Waals surface area contributed by atoms with Crippen LogP contribution in [0, 0.1) is 0 Å². The van der Waals surface area contributed by atoms with Crippen molar-refractivity contribution in [3.05, 3.63) is 73.0 Å². The molecule has 1 aliphatic rings. The molecule has 0 aromatic heterocycles. The molecule has 5 heteroatoms. The lowest BCUT2D eigenvalue weighted by Crippen LogP contribution is -2.67. The molecule has 4 nitrogen and oxygen atoms in total. The zero-order valence-electron chi connectivity index (χ0n) is 16.9. The quantitative estimate of drug-likeness (QED) is 0.554. The van der Waals surface area contributed by atoms with Gasteiger partial charge in [0.1, 0.15) is 0 Å². The topological polar surface area (TPSA) is 44.8 Å². The van der Waals surface area contributed by atoms with Crippen molar-refractivity contribution in [2.45, 2.75) is 44.9 Å². The van der Waals surface area contributed by atoms with Gasteiger partial charge in [-0.05, 0) is 21.5 Å². The number of esters is 1. The lowest BCUT2D eigenvalue weighted by Gasteiger charge is -2.43. The van der Waals surface area contributed by atoms with E-state index in [0.29, 0.717) is 6.61 Å². The highest BCUT2D eigenvalue weighted by Crippen LogP contribution is 2.37. The standard InChI is InChI=1S/C23H28O4Si/c1-18(24)27-21-15-16-25-22(21)17-26-28(23(2,3)4,19-11-7-5-8-12-19)20-13-9-6-10-14-20/h5-16,21-22H,17H2,1-4H3/t21-,22+/m0/s1. The van der Waals surface area contributed by atoms with Crippen molar-refractivity contribution >= 4 is 24.7 Å². The lowest BCUT2D eigenvalue weighted by atomic mass is 10.2. The van der Waals surface area contributed by atoms with E-state index in [9.17, 15) is 4.79 Å². The number of hydrogen-bond acceptors (Lipinski definition) is 4. The second-order valence-electron chi connectivity index (χ2n) is 8.05. The summed E-state index contributed by atoms with van der Waals surface area (Å²) >= 11 is 0. The molecule has 0 amide bonds. The van der Waals surface area contributed by atoms with Crippen LogP contribution >= 0.6 is 0 Å². The van der Waals surface area contributed by atoms with Crippen molar-refractivity contribution < 1.29 is 18.7 Å². The third-order valence-corrected chi connectivity index (χ3v) is 10.1. The summed E-state index contributed by atoms with van der Waals surface area (Å²) in [5.41, 5.74) is 0. The van der Waals surface area contributed by atoms with E-state index in [2.05, 4.69) is 69.3 Å². The number of benzene rings is 2. The molecular weight excluding hydrogens is 368 g/mol. The Balaban J connectivity index is 1.98. The molecule has 3 rings (SSSR count). The smallest absolute Gasteiger partial charge is 0.303 e. The van der Waals surface area contributed by atoms with E-state index in [4.69, 9.17) is 13.9 Å². The van der Waals surface area contributed by atoms with Crippen LogP contribution in [0.15, 0.2) is 73.0 Å². The Bertz CT molecular complexity index is 772. The second kappa shape index (κ2) is 8.33. The molecule has 148 valence electrons. The fourth-order valence-corrected chi connectivity index (χ4v) is 8.40. The maximum absolute atomic E-state index is 11.4. The average Bonchev–Trinajstić information content (AvgIpc) is 3.09. The molecule has 0 aliphatic carbocycles. The summed E-state index contributed by atoms with van der Waals surface area (Å²) in [6.07, 6.45) is 2.59. The molecule has 1 heterocycles. The SMILES string of the molecule is CC(=O)O[C@H]1C=CO[C@@H]1CO[Si](c1ccccc1)(c1ccccc1)C(C)(C)C. The van der Waals surface area contributed by atoms with Crippen LogP contribution in [0.5, 0.6) is 0 Å². The van der Waals surface area contributed by atoms with Gasteiger partial charge in [0.2, 0.25) is 0 Å². The Kier molecular flexibility index (Phi) is 6.06. The van der Waals surface area contributed by atoms with Crippen molar-refractivity contribution in [3.8, 4) is 0 Å². The molecule has 0 bridgehead atoms. The number of hydrogen-bond donors (Lipinski definition) is 0. The zero-order chi connectivity index (χ0) is 20.2. The van der Waals surface area contributed by atoms with Crippen LogP contribution in [0.25, 0.3) is 0 Å². The maximum Gasteiger partial charge on any atom is 0.303 e. The third kappa shape index (κ3) is 4.05. The van der Waals surface area contributed by atoms with Crippen LogP contribution in [-0.2, 0) is 18.7 Å². The highest BCUT2D eigenvalue weighted by molar-refractivity contribution is 6.99. The zero-order valence-corrected chi connectivity index (χ0v) is 17.9. The monoisotopic (exact) mass is 396 g/mol. The van der Waals surface area contributed by atoms with Gasteiger partial charge in [0.15, 0.2) is 12.2 Å². The Morgan fingerprint density at radius 1 is 1.00 bits per heavy atom. The van der Waals surface area contributed by atoms with E-state index in [1.54, 1.807) is 12.3 Å². The highest BCUT2D eigenvalue weighted by atomic mass is 28.4. The summed E-state index contributed by atoms with van der Waals surface area (Å²) < 4.78 is 17.9. The van der Waals surface area contributed by atoms with E-state index in [1.807, 2.05) is 12.1 Å². The van der Waals surface area contributed by atoms with Gasteiger partial charge in [-0.2, -0.15) is 0 Å². The number of carbonyl (C=O) groups excluding carboxylic acids is 1. The number of carbonyl (C=O) groups is 1. The molecule has 0 unspecified atom stereocenters. The Labute approximate surface area is 168 Å². The summed E-state index contributed by atoms with van der Waals surface area (Å²) in [7, 11) is -2.63. The Morgan fingerprint density at radius 2 is 1.54 bits per heavy atom. The van der Waals surface area contributed by atoms with Gasteiger partial charge in [0, 0.05) is 6.92 Å². The molecule has 0 radical (unpaired) electrons. The summed E-state index contributed by atoms with van der Waals surface area (Å²) in [5.74, 6) is -0.324. The molecular formula is C23H28O4Si. The van der Waals surface area contributed by atoms with Crippen molar-refractivity contribution in [2.24, 2.45) is 0 Å². The van der Waals surface area contributed by atoms with Gasteiger partial charge in [-0.3, -0.25) is 4.79 Å². The maximum atomic E-state index is 11.4. The van der Waals surface area contributed by atoms with E-state index < -0.39 is 14.4 Å². The van der Waals surface area contributed by atoms with Gasteiger partial charge in [0.25, 0.3) is 8.32 Å². The van der Waals surface area contributed by atoms with E-state index in [-0.39, 0.29) is 17.1 Å². The first kappa shape index (κ1) is 20.4. The summed E-state index contributed by atoms with van der Waals surface area (Å²) in [4.78, 5) is 11.4. The van der Waals surface area contributed by atoms with E-state index in [1.165, 1.54) is 17.3 Å². The predicted octanol–water partition coefficient (Wildman–Crippen LogP) is 3.41. The molecule has 28 heavy (non-hydrogen) atoms. The molecule has 0 fully saturated rings. The summed E-state index contributed by atoms with van der Waals surface area (Å²) in [6.45, 7) is 8.45.